The van der Waals surface area contributed by atoms with E-state index in [2.05, 4.69) is 10.6 Å². The fourth-order valence-corrected chi connectivity index (χ4v) is 3.50. The van der Waals surface area contributed by atoms with Gasteiger partial charge in [0.1, 0.15) is 0 Å². The molecule has 2 heterocycles. The fraction of sp³-hybridized carbons (Fsp3) is 0.176. The van der Waals surface area contributed by atoms with Crippen molar-refractivity contribution in [3.63, 3.8) is 0 Å². The minimum atomic E-state index is -0.341. The van der Waals surface area contributed by atoms with Crippen LogP contribution in [0.25, 0.3) is 5.70 Å². The molecule has 0 aliphatic carbocycles. The first-order chi connectivity index (χ1) is 11.2. The lowest BCUT2D eigenvalue weighted by Crippen LogP contribution is -2.45. The Bertz CT molecular complexity index is 739. The van der Waals surface area contributed by atoms with Gasteiger partial charge in [-0.2, -0.15) is 0 Å². The minimum Gasteiger partial charge on any atom is -0.463 e. The molecular formula is C17H16N2O2S2. The third kappa shape index (κ3) is 3.28. The second kappa shape index (κ2) is 6.93. The third-order valence-corrected chi connectivity index (χ3v) is 4.61. The van der Waals surface area contributed by atoms with Crippen LogP contribution in [0.3, 0.4) is 0 Å². The lowest BCUT2D eigenvalue weighted by Gasteiger charge is -2.30. The summed E-state index contributed by atoms with van der Waals surface area (Å²) in [6.45, 7) is 2.13. The molecule has 0 bridgehead atoms. The number of thiocarbonyl (C=S) groups is 1. The quantitative estimate of drug-likeness (QED) is 0.659. The van der Waals surface area contributed by atoms with Crippen molar-refractivity contribution in [1.82, 2.24) is 10.6 Å². The molecule has 1 atom stereocenters. The number of carbonyl (C=O) groups is 1. The number of benzene rings is 1. The number of carbonyl (C=O) groups excluding carboxylic acids is 1. The molecule has 0 saturated carbocycles. The van der Waals surface area contributed by atoms with Crippen LogP contribution in [0.2, 0.25) is 0 Å². The SMILES string of the molecule is CCOC(=O)C1=C(c2ccccc2)NC(=S)N[C@H]1c1cccs1. The molecule has 0 saturated heterocycles. The molecule has 23 heavy (non-hydrogen) atoms. The van der Waals surface area contributed by atoms with E-state index in [1.807, 2.05) is 47.8 Å². The Balaban J connectivity index is 2.15. The zero-order valence-corrected chi connectivity index (χ0v) is 14.2. The Kier molecular flexibility index (Phi) is 4.73. The summed E-state index contributed by atoms with van der Waals surface area (Å²) in [6, 6.07) is 13.3. The molecular weight excluding hydrogens is 328 g/mol. The predicted molar refractivity (Wildman–Crippen MR) is 95.9 cm³/mol. The van der Waals surface area contributed by atoms with Gasteiger partial charge in [-0.15, -0.1) is 11.3 Å². The molecule has 0 amide bonds. The normalized spacial score (nSPS) is 17.4. The average molecular weight is 344 g/mol. The minimum absolute atomic E-state index is 0.307. The summed E-state index contributed by atoms with van der Waals surface area (Å²) in [5.74, 6) is -0.341. The first-order valence-corrected chi connectivity index (χ1v) is 8.57. The van der Waals surface area contributed by atoms with Gasteiger partial charge in [0.25, 0.3) is 0 Å². The van der Waals surface area contributed by atoms with Crippen LogP contribution in [0, 0.1) is 0 Å². The second-order valence-electron chi connectivity index (χ2n) is 4.92. The number of rotatable bonds is 4. The van der Waals surface area contributed by atoms with Crippen LogP contribution >= 0.6 is 23.6 Å². The van der Waals surface area contributed by atoms with Crippen molar-refractivity contribution in [1.29, 1.82) is 0 Å². The number of nitrogens with one attached hydrogen (secondary N) is 2. The van der Waals surface area contributed by atoms with Gasteiger partial charge < -0.3 is 15.4 Å². The largest absolute Gasteiger partial charge is 0.463 e. The average Bonchev–Trinajstić information content (AvgIpc) is 3.09. The molecule has 2 N–H and O–H groups in total. The highest BCUT2D eigenvalue weighted by atomic mass is 32.1. The first kappa shape index (κ1) is 15.7. The van der Waals surface area contributed by atoms with Crippen LogP contribution in [0.4, 0.5) is 0 Å². The monoisotopic (exact) mass is 344 g/mol. The maximum atomic E-state index is 12.6. The molecule has 0 spiro atoms. The molecule has 6 heteroatoms. The molecule has 1 aromatic carbocycles. The summed E-state index contributed by atoms with van der Waals surface area (Å²) < 4.78 is 5.28. The highest BCUT2D eigenvalue weighted by molar-refractivity contribution is 7.80. The lowest BCUT2D eigenvalue weighted by molar-refractivity contribution is -0.138. The Morgan fingerprint density at radius 1 is 1.26 bits per heavy atom. The lowest BCUT2D eigenvalue weighted by atomic mass is 9.97. The van der Waals surface area contributed by atoms with Crippen molar-refractivity contribution in [3.8, 4) is 0 Å². The standard InChI is InChI=1S/C17H16N2O2S2/c1-2-21-16(20)13-14(11-7-4-3-5-8-11)18-17(22)19-15(13)12-9-6-10-23-12/h3-10,15H,2H2,1H3,(H2,18,19,22)/t15-/m0/s1. The molecule has 0 unspecified atom stereocenters. The Hall–Kier alpha value is -2.18. The Labute approximate surface area is 144 Å². The molecule has 3 rings (SSSR count). The van der Waals surface area contributed by atoms with E-state index >= 15 is 0 Å². The van der Waals surface area contributed by atoms with E-state index in [0.29, 0.717) is 23.0 Å². The number of ether oxygens (including phenoxy) is 1. The van der Waals surface area contributed by atoms with E-state index in [-0.39, 0.29) is 12.0 Å². The maximum Gasteiger partial charge on any atom is 0.338 e. The first-order valence-electron chi connectivity index (χ1n) is 7.28. The van der Waals surface area contributed by atoms with Crippen molar-refractivity contribution in [2.24, 2.45) is 0 Å². The molecule has 4 nitrogen and oxygen atoms in total. The van der Waals surface area contributed by atoms with Crippen LogP contribution in [-0.4, -0.2) is 17.7 Å². The van der Waals surface area contributed by atoms with Crippen molar-refractivity contribution < 1.29 is 9.53 Å². The summed E-state index contributed by atoms with van der Waals surface area (Å²) in [4.78, 5) is 13.6. The zero-order valence-electron chi connectivity index (χ0n) is 12.5. The van der Waals surface area contributed by atoms with Crippen LogP contribution in [0.1, 0.15) is 23.4 Å². The van der Waals surface area contributed by atoms with E-state index in [9.17, 15) is 4.79 Å². The fourth-order valence-electron chi connectivity index (χ4n) is 2.49. The van der Waals surface area contributed by atoms with Gasteiger partial charge in [0.2, 0.25) is 0 Å². The smallest absolute Gasteiger partial charge is 0.338 e. The van der Waals surface area contributed by atoms with Gasteiger partial charge in [0, 0.05) is 4.88 Å². The number of hydrogen-bond acceptors (Lipinski definition) is 4. The Morgan fingerprint density at radius 3 is 2.70 bits per heavy atom. The van der Waals surface area contributed by atoms with Crippen LogP contribution in [-0.2, 0) is 9.53 Å². The Morgan fingerprint density at radius 2 is 2.04 bits per heavy atom. The molecule has 0 fully saturated rings. The van der Waals surface area contributed by atoms with E-state index in [1.165, 1.54) is 0 Å². The second-order valence-corrected chi connectivity index (χ2v) is 6.31. The highest BCUT2D eigenvalue weighted by Gasteiger charge is 2.33. The van der Waals surface area contributed by atoms with Crippen LogP contribution in [0.15, 0.2) is 53.4 Å². The molecule has 118 valence electrons. The third-order valence-electron chi connectivity index (χ3n) is 3.46. The van der Waals surface area contributed by atoms with Crippen molar-refractivity contribution in [2.75, 3.05) is 6.61 Å². The summed E-state index contributed by atoms with van der Waals surface area (Å²) >= 11 is 6.91. The van der Waals surface area contributed by atoms with Gasteiger partial charge in [-0.1, -0.05) is 36.4 Å². The van der Waals surface area contributed by atoms with Gasteiger partial charge in [0.15, 0.2) is 5.11 Å². The van der Waals surface area contributed by atoms with Gasteiger partial charge in [-0.05, 0) is 36.2 Å². The van der Waals surface area contributed by atoms with E-state index < -0.39 is 0 Å². The number of hydrogen-bond donors (Lipinski definition) is 2. The van der Waals surface area contributed by atoms with Crippen molar-refractivity contribution in [3.05, 3.63) is 63.9 Å². The number of thiophene rings is 1. The summed E-state index contributed by atoms with van der Waals surface area (Å²) in [5.41, 5.74) is 2.15. The zero-order chi connectivity index (χ0) is 16.2. The molecule has 1 aliphatic rings. The predicted octanol–water partition coefficient (Wildman–Crippen LogP) is 3.24. The maximum absolute atomic E-state index is 12.6. The van der Waals surface area contributed by atoms with Crippen LogP contribution < -0.4 is 10.6 Å². The molecule has 1 aromatic heterocycles. The summed E-state index contributed by atoms with van der Waals surface area (Å²) in [6.07, 6.45) is 0. The van der Waals surface area contributed by atoms with Gasteiger partial charge in [-0.3, -0.25) is 0 Å². The highest BCUT2D eigenvalue weighted by Crippen LogP contribution is 2.33. The molecule has 0 radical (unpaired) electrons. The summed E-state index contributed by atoms with van der Waals surface area (Å²) in [5, 5.41) is 8.77. The van der Waals surface area contributed by atoms with Crippen molar-refractivity contribution in [2.45, 2.75) is 13.0 Å². The van der Waals surface area contributed by atoms with E-state index in [1.54, 1.807) is 18.3 Å². The van der Waals surface area contributed by atoms with E-state index in [0.717, 1.165) is 10.4 Å². The van der Waals surface area contributed by atoms with Gasteiger partial charge >= 0.3 is 5.97 Å². The summed E-state index contributed by atoms with van der Waals surface area (Å²) in [7, 11) is 0. The molecule has 2 aromatic rings. The van der Waals surface area contributed by atoms with Gasteiger partial charge in [-0.25, -0.2) is 4.79 Å². The molecule has 1 aliphatic heterocycles. The number of esters is 1. The van der Waals surface area contributed by atoms with E-state index in [4.69, 9.17) is 17.0 Å². The topological polar surface area (TPSA) is 50.4 Å². The van der Waals surface area contributed by atoms with Gasteiger partial charge in [0.05, 0.1) is 23.9 Å². The van der Waals surface area contributed by atoms with Crippen molar-refractivity contribution >= 4 is 40.3 Å². The van der Waals surface area contributed by atoms with Crippen LogP contribution in [0.5, 0.6) is 0 Å².